The van der Waals surface area contributed by atoms with Gasteiger partial charge in [-0.05, 0) is 76.9 Å². The molecule has 7 nitrogen and oxygen atoms in total. The number of thioether (sulfide) groups is 2. The van der Waals surface area contributed by atoms with Crippen LogP contribution in [0.3, 0.4) is 0 Å². The molecule has 0 bridgehead atoms. The number of hydrogen-bond donors (Lipinski definition) is 1. The summed E-state index contributed by atoms with van der Waals surface area (Å²) in [5.74, 6) is 1.91. The van der Waals surface area contributed by atoms with Crippen LogP contribution >= 0.6 is 69.9 Å². The van der Waals surface area contributed by atoms with Crippen molar-refractivity contribution in [2.75, 3.05) is 23.3 Å². The number of amides is 1. The minimum absolute atomic E-state index is 0.0154. The highest BCUT2D eigenvalue weighted by Crippen LogP contribution is 2.52. The van der Waals surface area contributed by atoms with E-state index in [4.69, 9.17) is 46.4 Å². The number of halogens is 4. The van der Waals surface area contributed by atoms with E-state index in [1.165, 1.54) is 5.56 Å². The van der Waals surface area contributed by atoms with Crippen LogP contribution in [0.1, 0.15) is 71.8 Å². The van der Waals surface area contributed by atoms with Crippen LogP contribution in [0.5, 0.6) is 0 Å². The Hall–Kier alpha value is -2.01. The second-order valence-corrected chi connectivity index (χ2v) is 18.2. The van der Waals surface area contributed by atoms with Crippen LogP contribution in [-0.2, 0) is 18.9 Å². The van der Waals surface area contributed by atoms with Crippen molar-refractivity contribution in [3.63, 3.8) is 0 Å². The molecule has 0 saturated carbocycles. The van der Waals surface area contributed by atoms with Crippen LogP contribution < -0.4 is 10.2 Å². The van der Waals surface area contributed by atoms with Gasteiger partial charge in [-0.2, -0.15) is 10.2 Å². The van der Waals surface area contributed by atoms with Gasteiger partial charge < -0.3 is 5.32 Å². The fraction of sp³-hybridized carbons (Fsp3) is 0.424. The molecule has 2 unspecified atom stereocenters. The molecule has 4 heterocycles. The van der Waals surface area contributed by atoms with Gasteiger partial charge in [-0.25, -0.2) is 0 Å². The van der Waals surface area contributed by atoms with Crippen molar-refractivity contribution in [2.45, 2.75) is 61.5 Å². The van der Waals surface area contributed by atoms with Gasteiger partial charge in [0.05, 0.1) is 21.9 Å². The van der Waals surface area contributed by atoms with Crippen molar-refractivity contribution in [1.29, 1.82) is 0 Å². The summed E-state index contributed by atoms with van der Waals surface area (Å²) in [5.41, 5.74) is 6.26. The fourth-order valence-corrected chi connectivity index (χ4v) is 10.3. The zero-order chi connectivity index (χ0) is 33.7. The van der Waals surface area contributed by atoms with Crippen LogP contribution in [0, 0.1) is 13.8 Å². The molecule has 2 aliphatic heterocycles. The minimum atomic E-state index is -0.139. The number of anilines is 2. The molecule has 0 fully saturated rings. The van der Waals surface area contributed by atoms with E-state index < -0.39 is 0 Å². The van der Waals surface area contributed by atoms with Crippen molar-refractivity contribution in [2.24, 2.45) is 14.1 Å². The molecule has 0 radical (unpaired) electrons. The molecule has 2 aromatic heterocycles. The largest absolute Gasteiger partial charge is 0.369 e. The summed E-state index contributed by atoms with van der Waals surface area (Å²) in [6, 6.07) is 11.3. The van der Waals surface area contributed by atoms with Gasteiger partial charge in [-0.3, -0.25) is 19.1 Å². The van der Waals surface area contributed by atoms with Crippen LogP contribution in [0.15, 0.2) is 36.4 Å². The fourth-order valence-electron chi connectivity index (χ4n) is 6.08. The molecule has 2 atom stereocenters. The normalized spacial score (nSPS) is 20.0. The van der Waals surface area contributed by atoms with Gasteiger partial charge in [0.1, 0.15) is 11.6 Å². The summed E-state index contributed by atoms with van der Waals surface area (Å²) >= 11 is 28.8. The molecular weight excluding hydrogens is 702 g/mol. The number of rotatable bonds is 3. The summed E-state index contributed by atoms with van der Waals surface area (Å²) < 4.78 is 3.64. The number of benzene rings is 2. The quantitative estimate of drug-likeness (QED) is 0.211. The lowest BCUT2D eigenvalue weighted by atomic mass is 10.0. The number of hydrogen-bond acceptors (Lipinski definition) is 6. The summed E-state index contributed by atoms with van der Waals surface area (Å²) in [7, 11) is 3.84. The second-order valence-electron chi connectivity index (χ2n) is 12.9. The predicted molar refractivity (Wildman–Crippen MR) is 198 cm³/mol. The third-order valence-corrected chi connectivity index (χ3v) is 12.2. The molecule has 46 heavy (non-hydrogen) atoms. The number of carbonyl (C=O) groups is 1. The Morgan fingerprint density at radius 1 is 0.804 bits per heavy atom. The van der Waals surface area contributed by atoms with E-state index in [2.05, 4.69) is 50.1 Å². The van der Waals surface area contributed by atoms with Crippen molar-refractivity contribution in [3.05, 3.63) is 90.1 Å². The number of nitrogens with zero attached hydrogens (tertiary/aromatic N) is 5. The maximum absolute atomic E-state index is 11.7. The molecule has 2 aliphatic rings. The van der Waals surface area contributed by atoms with Crippen LogP contribution in [0.25, 0.3) is 0 Å². The molecule has 246 valence electrons. The van der Waals surface area contributed by atoms with E-state index >= 15 is 0 Å². The van der Waals surface area contributed by atoms with E-state index in [-0.39, 0.29) is 20.0 Å². The molecule has 2 aromatic carbocycles. The Bertz CT molecular complexity index is 1790. The lowest BCUT2D eigenvalue weighted by Gasteiger charge is -2.28. The molecule has 1 amide bonds. The monoisotopic (exact) mass is 738 g/mol. The number of nitrogens with one attached hydrogen (secondary N) is 1. The average Bonchev–Trinajstić information content (AvgIpc) is 3.29. The standard InChI is InChI=1S/C17H19Cl2N3OS.C16H19Cl2N3S/c1-10-14-15(12-6-5-11(18)7-13(12)19)24-17(2,3)8-22(9-23)16(14)21(4)20-10;1-9-13-14(11-6-5-10(17)7-12(11)18)22-16(2,3)8-19-15(13)21(4)20-9/h5-7,9,15H,8H2,1-4H3;5-7,14,19H,8H2,1-4H3. The topological polar surface area (TPSA) is 68.0 Å². The summed E-state index contributed by atoms with van der Waals surface area (Å²) in [4.78, 5) is 13.5. The van der Waals surface area contributed by atoms with Crippen LogP contribution in [0.2, 0.25) is 20.1 Å². The van der Waals surface area contributed by atoms with Gasteiger partial charge in [0.2, 0.25) is 6.41 Å². The van der Waals surface area contributed by atoms with E-state index in [9.17, 15) is 4.79 Å². The Kier molecular flexibility index (Phi) is 10.3. The first-order valence-electron chi connectivity index (χ1n) is 14.8. The Morgan fingerprint density at radius 3 is 1.85 bits per heavy atom. The highest BCUT2D eigenvalue weighted by molar-refractivity contribution is 8.01. The first kappa shape index (κ1) is 35.3. The first-order chi connectivity index (χ1) is 21.5. The third kappa shape index (κ3) is 7.20. The summed E-state index contributed by atoms with van der Waals surface area (Å²) in [6.07, 6.45) is 0.883. The van der Waals surface area contributed by atoms with Crippen molar-refractivity contribution in [1.82, 2.24) is 19.6 Å². The third-order valence-electron chi connectivity index (χ3n) is 8.03. The average molecular weight is 741 g/mol. The number of fused-ring (bicyclic) bond motifs is 2. The van der Waals surface area contributed by atoms with Gasteiger partial charge in [0, 0.05) is 67.9 Å². The molecular formula is C33H38Cl4N6OS2. The first-order valence-corrected chi connectivity index (χ1v) is 18.1. The number of aryl methyl sites for hydroxylation is 4. The highest BCUT2D eigenvalue weighted by Gasteiger charge is 2.39. The van der Waals surface area contributed by atoms with Crippen LogP contribution in [-0.4, -0.2) is 48.6 Å². The van der Waals surface area contributed by atoms with Gasteiger partial charge in [-0.1, -0.05) is 58.5 Å². The Balaban J connectivity index is 0.000000182. The molecule has 0 spiro atoms. The maximum Gasteiger partial charge on any atom is 0.215 e. The highest BCUT2D eigenvalue weighted by atomic mass is 35.5. The van der Waals surface area contributed by atoms with E-state index in [1.807, 2.05) is 67.8 Å². The van der Waals surface area contributed by atoms with Crippen LogP contribution in [0.4, 0.5) is 11.6 Å². The molecule has 6 rings (SSSR count). The lowest BCUT2D eigenvalue weighted by molar-refractivity contribution is -0.107. The smallest absolute Gasteiger partial charge is 0.215 e. The van der Waals surface area contributed by atoms with Gasteiger partial charge in [0.15, 0.2) is 0 Å². The molecule has 0 saturated heterocycles. The molecule has 1 N–H and O–H groups in total. The maximum atomic E-state index is 11.7. The zero-order valence-electron chi connectivity index (χ0n) is 27.1. The number of carbonyl (C=O) groups excluding carboxylic acids is 1. The zero-order valence-corrected chi connectivity index (χ0v) is 31.7. The van der Waals surface area contributed by atoms with Gasteiger partial charge >= 0.3 is 0 Å². The van der Waals surface area contributed by atoms with Gasteiger partial charge in [0.25, 0.3) is 0 Å². The van der Waals surface area contributed by atoms with E-state index in [1.54, 1.807) is 27.4 Å². The summed E-state index contributed by atoms with van der Waals surface area (Å²) in [5, 5.41) is 15.4. The second kappa shape index (κ2) is 13.5. The van der Waals surface area contributed by atoms with Crippen molar-refractivity contribution in [3.8, 4) is 0 Å². The van der Waals surface area contributed by atoms with E-state index in [0.717, 1.165) is 52.7 Å². The number of aromatic nitrogens is 4. The SMILES string of the molecule is Cc1nn(C)c2c1C(c1ccc(Cl)cc1Cl)SC(C)(C)CN2.Cc1nn(C)c2c1C(c1ccc(Cl)cc1Cl)SC(C)(C)CN2C=O. The molecule has 13 heteroatoms. The van der Waals surface area contributed by atoms with E-state index in [0.29, 0.717) is 26.6 Å². The molecule has 0 aliphatic carbocycles. The Morgan fingerprint density at radius 2 is 1.30 bits per heavy atom. The Labute approximate surface area is 299 Å². The minimum Gasteiger partial charge on any atom is -0.369 e. The summed E-state index contributed by atoms with van der Waals surface area (Å²) in [6.45, 7) is 14.3. The van der Waals surface area contributed by atoms with Crippen molar-refractivity contribution >= 4 is 88.0 Å². The van der Waals surface area contributed by atoms with Gasteiger partial charge in [-0.15, -0.1) is 23.5 Å². The predicted octanol–water partition coefficient (Wildman–Crippen LogP) is 9.67. The lowest BCUT2D eigenvalue weighted by Crippen LogP contribution is -2.35. The van der Waals surface area contributed by atoms with Crippen molar-refractivity contribution < 1.29 is 4.79 Å². The molecule has 4 aromatic rings.